The fraction of sp³-hybridized carbons (Fsp3) is 0.200. The molecule has 0 aliphatic heterocycles. The zero-order valence-electron chi connectivity index (χ0n) is 8.29. The number of carbonyl (C=O) groups excluding carboxylic acids is 1. The highest BCUT2D eigenvalue weighted by atomic mass is 16.5. The minimum absolute atomic E-state index is 0.388. The van der Waals surface area contributed by atoms with Crippen molar-refractivity contribution in [2.24, 2.45) is 0 Å². The third kappa shape index (κ3) is 1.52. The van der Waals surface area contributed by atoms with Gasteiger partial charge in [-0.3, -0.25) is 4.98 Å². The molecular weight excluding hydrogens is 198 g/mol. The van der Waals surface area contributed by atoms with Gasteiger partial charge in [0, 0.05) is 0 Å². The number of H-pyrrole nitrogens is 1. The van der Waals surface area contributed by atoms with Gasteiger partial charge in [0.05, 0.1) is 18.2 Å². The average molecular weight is 207 g/mol. The number of aromatic nitrogens is 1. The predicted molar refractivity (Wildman–Crippen MR) is 52.9 cm³/mol. The maximum absolute atomic E-state index is 11.3. The fourth-order valence-electron chi connectivity index (χ4n) is 1.47. The summed E-state index contributed by atoms with van der Waals surface area (Å²) in [7, 11) is 1.31. The van der Waals surface area contributed by atoms with Crippen LogP contribution in [-0.4, -0.2) is 18.1 Å². The van der Waals surface area contributed by atoms with Crippen LogP contribution >= 0.6 is 0 Å². The molecular formula is C10H9NO4. The van der Waals surface area contributed by atoms with Crippen LogP contribution in [0.15, 0.2) is 21.3 Å². The van der Waals surface area contributed by atoms with Crippen LogP contribution in [0, 0.1) is 6.92 Å². The lowest BCUT2D eigenvalue weighted by atomic mass is 10.1. The Morgan fingerprint density at radius 3 is 2.87 bits per heavy atom. The van der Waals surface area contributed by atoms with Crippen molar-refractivity contribution in [3.63, 3.8) is 0 Å². The quantitative estimate of drug-likeness (QED) is 0.713. The molecule has 1 aromatic carbocycles. The second-order valence-electron chi connectivity index (χ2n) is 3.18. The Bertz CT molecular complexity index is 579. The Morgan fingerprint density at radius 2 is 2.20 bits per heavy atom. The molecule has 0 saturated heterocycles. The van der Waals surface area contributed by atoms with E-state index in [1.54, 1.807) is 13.0 Å². The highest BCUT2D eigenvalue weighted by molar-refractivity contribution is 5.94. The molecule has 0 amide bonds. The normalized spacial score (nSPS) is 10.5. The number of aryl methyl sites for hydroxylation is 1. The SMILES string of the molecule is COC(=O)c1cc(C)c2oc(=O)[nH]c2c1. The van der Waals surface area contributed by atoms with Gasteiger partial charge in [0.15, 0.2) is 5.58 Å². The number of methoxy groups -OCH3 is 1. The molecule has 1 aromatic heterocycles. The van der Waals surface area contributed by atoms with Gasteiger partial charge in [-0.15, -0.1) is 0 Å². The largest absolute Gasteiger partial charge is 0.465 e. The summed E-state index contributed by atoms with van der Waals surface area (Å²) in [6, 6.07) is 3.14. The number of rotatable bonds is 1. The first-order valence-electron chi connectivity index (χ1n) is 4.33. The molecule has 1 heterocycles. The van der Waals surface area contributed by atoms with E-state index in [1.807, 2.05) is 0 Å². The van der Waals surface area contributed by atoms with Crippen molar-refractivity contribution in [1.82, 2.24) is 4.98 Å². The lowest BCUT2D eigenvalue weighted by Gasteiger charge is -2.00. The average Bonchev–Trinajstić information content (AvgIpc) is 2.58. The van der Waals surface area contributed by atoms with Gasteiger partial charge in [-0.2, -0.15) is 0 Å². The molecule has 0 fully saturated rings. The van der Waals surface area contributed by atoms with Crippen LogP contribution in [0.5, 0.6) is 0 Å². The van der Waals surface area contributed by atoms with Crippen molar-refractivity contribution in [2.45, 2.75) is 6.92 Å². The highest BCUT2D eigenvalue weighted by Crippen LogP contribution is 2.18. The number of oxazole rings is 1. The fourth-order valence-corrected chi connectivity index (χ4v) is 1.47. The molecule has 78 valence electrons. The van der Waals surface area contributed by atoms with Gasteiger partial charge < -0.3 is 9.15 Å². The van der Waals surface area contributed by atoms with Crippen molar-refractivity contribution in [1.29, 1.82) is 0 Å². The van der Waals surface area contributed by atoms with Crippen molar-refractivity contribution in [3.8, 4) is 0 Å². The van der Waals surface area contributed by atoms with Gasteiger partial charge in [0.2, 0.25) is 0 Å². The van der Waals surface area contributed by atoms with Gasteiger partial charge in [-0.05, 0) is 24.6 Å². The van der Waals surface area contributed by atoms with Crippen LogP contribution < -0.4 is 5.76 Å². The van der Waals surface area contributed by atoms with Crippen molar-refractivity contribution < 1.29 is 13.9 Å². The van der Waals surface area contributed by atoms with Crippen LogP contribution in [0.2, 0.25) is 0 Å². The molecule has 0 spiro atoms. The number of benzene rings is 1. The Hall–Kier alpha value is -2.04. The Morgan fingerprint density at radius 1 is 1.47 bits per heavy atom. The zero-order chi connectivity index (χ0) is 11.0. The summed E-state index contributed by atoms with van der Waals surface area (Å²) in [5, 5.41) is 0. The number of nitrogens with one attached hydrogen (secondary N) is 1. The number of ether oxygens (including phenoxy) is 1. The molecule has 0 aliphatic carbocycles. The number of fused-ring (bicyclic) bond motifs is 1. The minimum atomic E-state index is -0.532. The standard InChI is InChI=1S/C10H9NO4/c1-5-3-6(9(12)14-2)4-7-8(5)15-10(13)11-7/h3-4H,1-2H3,(H,11,13). The van der Waals surface area contributed by atoms with Crippen LogP contribution in [0.4, 0.5) is 0 Å². The molecule has 0 aliphatic rings. The summed E-state index contributed by atoms with van der Waals surface area (Å²) in [6.45, 7) is 1.76. The monoisotopic (exact) mass is 207 g/mol. The summed E-state index contributed by atoms with van der Waals surface area (Å²) in [5.41, 5.74) is 2.07. The summed E-state index contributed by atoms with van der Waals surface area (Å²) in [5.74, 6) is -0.975. The third-order valence-electron chi connectivity index (χ3n) is 2.13. The van der Waals surface area contributed by atoms with Crippen molar-refractivity contribution in [2.75, 3.05) is 7.11 Å². The van der Waals surface area contributed by atoms with E-state index in [0.29, 0.717) is 22.2 Å². The Labute approximate surface area is 84.7 Å². The van der Waals surface area contributed by atoms with E-state index in [0.717, 1.165) is 0 Å². The Balaban J connectivity index is 2.71. The van der Waals surface area contributed by atoms with Gasteiger partial charge in [-0.1, -0.05) is 0 Å². The molecule has 0 unspecified atom stereocenters. The summed E-state index contributed by atoms with van der Waals surface area (Å²) < 4.78 is 9.49. The van der Waals surface area contributed by atoms with Crippen LogP contribution in [0.25, 0.3) is 11.1 Å². The molecule has 5 heteroatoms. The number of carbonyl (C=O) groups is 1. The maximum atomic E-state index is 11.3. The topological polar surface area (TPSA) is 72.3 Å². The zero-order valence-corrected chi connectivity index (χ0v) is 8.29. The summed E-state index contributed by atoms with van der Waals surface area (Å²) in [4.78, 5) is 24.7. The van der Waals surface area contributed by atoms with E-state index in [1.165, 1.54) is 13.2 Å². The first-order chi connectivity index (χ1) is 7.11. The molecule has 0 bridgehead atoms. The lowest BCUT2D eigenvalue weighted by molar-refractivity contribution is 0.0601. The van der Waals surface area contributed by atoms with Crippen LogP contribution in [-0.2, 0) is 4.74 Å². The molecule has 15 heavy (non-hydrogen) atoms. The maximum Gasteiger partial charge on any atom is 0.417 e. The highest BCUT2D eigenvalue weighted by Gasteiger charge is 2.11. The van der Waals surface area contributed by atoms with E-state index in [9.17, 15) is 9.59 Å². The van der Waals surface area contributed by atoms with E-state index in [2.05, 4.69) is 9.72 Å². The van der Waals surface area contributed by atoms with E-state index >= 15 is 0 Å². The second-order valence-corrected chi connectivity index (χ2v) is 3.18. The number of hydrogen-bond acceptors (Lipinski definition) is 4. The molecule has 0 atom stereocenters. The summed E-state index contributed by atoms with van der Waals surface area (Å²) >= 11 is 0. The second kappa shape index (κ2) is 3.27. The van der Waals surface area contributed by atoms with Gasteiger partial charge >= 0.3 is 11.7 Å². The predicted octanol–water partition coefficient (Wildman–Crippen LogP) is 1.22. The van der Waals surface area contributed by atoms with Crippen molar-refractivity contribution >= 4 is 17.1 Å². The molecule has 5 nitrogen and oxygen atoms in total. The van der Waals surface area contributed by atoms with E-state index in [-0.39, 0.29) is 0 Å². The number of esters is 1. The lowest BCUT2D eigenvalue weighted by Crippen LogP contribution is -2.01. The van der Waals surface area contributed by atoms with Gasteiger partial charge in [0.1, 0.15) is 0 Å². The number of aromatic amines is 1. The van der Waals surface area contributed by atoms with Crippen molar-refractivity contribution in [3.05, 3.63) is 33.8 Å². The summed E-state index contributed by atoms with van der Waals surface area (Å²) in [6.07, 6.45) is 0. The molecule has 1 N–H and O–H groups in total. The first-order valence-corrected chi connectivity index (χ1v) is 4.33. The van der Waals surface area contributed by atoms with Crippen LogP contribution in [0.1, 0.15) is 15.9 Å². The molecule has 2 aromatic rings. The Kier molecular flexibility index (Phi) is 2.07. The number of hydrogen-bond donors (Lipinski definition) is 1. The molecule has 2 rings (SSSR count). The third-order valence-corrected chi connectivity index (χ3v) is 2.13. The van der Waals surface area contributed by atoms with E-state index < -0.39 is 11.7 Å². The van der Waals surface area contributed by atoms with Crippen LogP contribution in [0.3, 0.4) is 0 Å². The smallest absolute Gasteiger partial charge is 0.417 e. The first kappa shape index (κ1) is 9.51. The molecule has 0 saturated carbocycles. The van der Waals surface area contributed by atoms with Gasteiger partial charge in [-0.25, -0.2) is 9.59 Å². The van der Waals surface area contributed by atoms with E-state index in [4.69, 9.17) is 4.42 Å². The van der Waals surface area contributed by atoms with Gasteiger partial charge in [0.25, 0.3) is 0 Å². The molecule has 0 radical (unpaired) electrons. The minimum Gasteiger partial charge on any atom is -0.465 e.